The van der Waals surface area contributed by atoms with Crippen LogP contribution in [0.3, 0.4) is 0 Å². The van der Waals surface area contributed by atoms with Crippen molar-refractivity contribution >= 4 is 29.6 Å². The van der Waals surface area contributed by atoms with Crippen LogP contribution in [-0.4, -0.2) is 28.1 Å². The van der Waals surface area contributed by atoms with Gasteiger partial charge in [0.1, 0.15) is 5.82 Å². The van der Waals surface area contributed by atoms with Gasteiger partial charge in [-0.1, -0.05) is 13.0 Å². The van der Waals surface area contributed by atoms with E-state index in [0.717, 1.165) is 33.6 Å². The van der Waals surface area contributed by atoms with Crippen LogP contribution in [0.2, 0.25) is 0 Å². The number of nitrogens with two attached hydrogens (primary N) is 1. The molecule has 2 aromatic heterocycles. The highest BCUT2D eigenvalue weighted by molar-refractivity contribution is 5.89. The van der Waals surface area contributed by atoms with E-state index in [1.807, 2.05) is 19.1 Å². The molecule has 136 valence electrons. The SMILES string of the molecule is CC/C=C(/C=c1/cc(NC=O)nc/c1=C(/C)N)c1cnccc1CCO. The second-order valence-electron chi connectivity index (χ2n) is 5.82. The van der Waals surface area contributed by atoms with E-state index < -0.39 is 0 Å². The van der Waals surface area contributed by atoms with E-state index in [9.17, 15) is 9.90 Å². The molecule has 2 aromatic rings. The number of anilines is 1. The second kappa shape index (κ2) is 9.48. The van der Waals surface area contributed by atoms with Crippen LogP contribution in [0, 0.1) is 0 Å². The van der Waals surface area contributed by atoms with E-state index in [1.165, 1.54) is 0 Å². The van der Waals surface area contributed by atoms with Crippen LogP contribution in [0.15, 0.2) is 36.8 Å². The van der Waals surface area contributed by atoms with Gasteiger partial charge >= 0.3 is 0 Å². The summed E-state index contributed by atoms with van der Waals surface area (Å²) in [5, 5.41) is 13.6. The molecule has 1 amide bonds. The van der Waals surface area contributed by atoms with E-state index in [1.54, 1.807) is 24.7 Å². The molecular weight excluding hydrogens is 328 g/mol. The van der Waals surface area contributed by atoms with Gasteiger partial charge in [0.05, 0.1) is 0 Å². The second-order valence-corrected chi connectivity index (χ2v) is 5.82. The number of pyridine rings is 2. The predicted molar refractivity (Wildman–Crippen MR) is 104 cm³/mol. The summed E-state index contributed by atoms with van der Waals surface area (Å²) in [5.74, 6) is 0.453. The summed E-state index contributed by atoms with van der Waals surface area (Å²) in [7, 11) is 0. The molecule has 0 unspecified atom stereocenters. The Hall–Kier alpha value is -2.99. The molecule has 0 aliphatic rings. The number of hydrogen-bond donors (Lipinski definition) is 3. The van der Waals surface area contributed by atoms with Crippen molar-refractivity contribution in [3.8, 4) is 0 Å². The molecule has 0 radical (unpaired) electrons. The lowest BCUT2D eigenvalue weighted by atomic mass is 9.98. The third-order valence-corrected chi connectivity index (χ3v) is 3.91. The molecule has 26 heavy (non-hydrogen) atoms. The minimum atomic E-state index is 0.0695. The van der Waals surface area contributed by atoms with Crippen LogP contribution in [0.1, 0.15) is 31.4 Å². The zero-order valence-electron chi connectivity index (χ0n) is 15.1. The largest absolute Gasteiger partial charge is 0.402 e. The van der Waals surface area contributed by atoms with Crippen molar-refractivity contribution in [2.24, 2.45) is 5.73 Å². The van der Waals surface area contributed by atoms with Gasteiger partial charge in [-0.15, -0.1) is 0 Å². The molecule has 0 spiro atoms. The Morgan fingerprint density at radius 2 is 2.19 bits per heavy atom. The molecule has 0 fully saturated rings. The van der Waals surface area contributed by atoms with Crippen LogP contribution in [0.25, 0.3) is 17.3 Å². The summed E-state index contributed by atoms with van der Waals surface area (Å²) in [6.45, 7) is 3.94. The lowest BCUT2D eigenvalue weighted by Gasteiger charge is -2.09. The molecule has 0 aliphatic heterocycles. The molecule has 0 bridgehead atoms. The molecule has 0 saturated carbocycles. The van der Waals surface area contributed by atoms with Crippen molar-refractivity contribution in [1.82, 2.24) is 9.97 Å². The summed E-state index contributed by atoms with van der Waals surface area (Å²) in [5.41, 5.74) is 9.61. The average molecular weight is 352 g/mol. The summed E-state index contributed by atoms with van der Waals surface area (Å²) >= 11 is 0. The van der Waals surface area contributed by atoms with E-state index in [4.69, 9.17) is 5.73 Å². The lowest BCUT2D eigenvalue weighted by molar-refractivity contribution is -0.105. The van der Waals surface area contributed by atoms with Crippen LogP contribution in [0.4, 0.5) is 5.82 Å². The number of nitrogens with one attached hydrogen (secondary N) is 1. The van der Waals surface area contributed by atoms with Gasteiger partial charge in [-0.3, -0.25) is 9.78 Å². The molecule has 6 heteroatoms. The third kappa shape index (κ3) is 4.77. The molecular formula is C20H24N4O2. The van der Waals surface area contributed by atoms with Gasteiger partial charge in [0.25, 0.3) is 0 Å². The number of rotatable bonds is 7. The number of carbonyl (C=O) groups is 1. The van der Waals surface area contributed by atoms with Crippen molar-refractivity contribution < 1.29 is 9.90 Å². The van der Waals surface area contributed by atoms with Crippen molar-refractivity contribution in [3.05, 3.63) is 58.4 Å². The molecule has 0 aliphatic carbocycles. The van der Waals surface area contributed by atoms with E-state index in [2.05, 4.69) is 28.3 Å². The lowest BCUT2D eigenvalue weighted by Crippen LogP contribution is -2.30. The summed E-state index contributed by atoms with van der Waals surface area (Å²) in [6, 6.07) is 3.70. The van der Waals surface area contributed by atoms with Crippen molar-refractivity contribution in [3.63, 3.8) is 0 Å². The van der Waals surface area contributed by atoms with Crippen LogP contribution >= 0.6 is 0 Å². The smallest absolute Gasteiger partial charge is 0.212 e. The normalized spacial score (nSPS) is 13.5. The fourth-order valence-corrected chi connectivity index (χ4v) is 2.71. The quantitative estimate of drug-likeness (QED) is 0.644. The first-order chi connectivity index (χ1) is 12.6. The zero-order chi connectivity index (χ0) is 18.9. The van der Waals surface area contributed by atoms with Crippen molar-refractivity contribution in [1.29, 1.82) is 0 Å². The molecule has 0 saturated heterocycles. The number of aliphatic hydroxyl groups excluding tert-OH is 1. The number of allylic oxidation sites excluding steroid dienone is 2. The van der Waals surface area contributed by atoms with E-state index >= 15 is 0 Å². The number of aromatic nitrogens is 2. The first kappa shape index (κ1) is 19.3. The van der Waals surface area contributed by atoms with Gasteiger partial charge < -0.3 is 16.2 Å². The highest BCUT2D eigenvalue weighted by Gasteiger charge is 2.06. The zero-order valence-corrected chi connectivity index (χ0v) is 15.1. The Morgan fingerprint density at radius 1 is 1.38 bits per heavy atom. The van der Waals surface area contributed by atoms with Gasteiger partial charge in [0, 0.05) is 41.7 Å². The molecule has 0 aromatic carbocycles. The van der Waals surface area contributed by atoms with Gasteiger partial charge in [-0.25, -0.2) is 4.98 Å². The first-order valence-electron chi connectivity index (χ1n) is 8.49. The van der Waals surface area contributed by atoms with Gasteiger partial charge in [-0.2, -0.15) is 0 Å². The van der Waals surface area contributed by atoms with Crippen LogP contribution < -0.4 is 21.5 Å². The third-order valence-electron chi connectivity index (χ3n) is 3.91. The fourth-order valence-electron chi connectivity index (χ4n) is 2.71. The average Bonchev–Trinajstić information content (AvgIpc) is 2.62. The van der Waals surface area contributed by atoms with Crippen molar-refractivity contribution in [2.45, 2.75) is 26.7 Å². The predicted octanol–water partition coefficient (Wildman–Crippen LogP) is 0.941. The molecule has 2 heterocycles. The Bertz CT molecular complexity index is 916. The number of carbonyl (C=O) groups excluding carboxylic acids is 1. The van der Waals surface area contributed by atoms with Gasteiger partial charge in [0.15, 0.2) is 0 Å². The van der Waals surface area contributed by atoms with Crippen LogP contribution in [-0.2, 0) is 11.2 Å². The Balaban J connectivity index is 2.71. The van der Waals surface area contributed by atoms with Crippen molar-refractivity contribution in [2.75, 3.05) is 11.9 Å². The fraction of sp³-hybridized carbons (Fsp3) is 0.250. The number of nitrogens with zero attached hydrogens (tertiary/aromatic N) is 2. The highest BCUT2D eigenvalue weighted by Crippen LogP contribution is 2.21. The maximum absolute atomic E-state index is 10.7. The van der Waals surface area contributed by atoms with Gasteiger partial charge in [-0.05, 0) is 54.3 Å². The van der Waals surface area contributed by atoms with E-state index in [-0.39, 0.29) is 6.61 Å². The molecule has 4 N–H and O–H groups in total. The Labute approximate surface area is 152 Å². The number of amides is 1. The first-order valence-corrected chi connectivity index (χ1v) is 8.49. The standard InChI is InChI=1S/C20H24N4O2/c1-3-4-16(19-11-22-7-5-15(19)6-8-25)9-17-10-20(24-13-26)23-12-18(17)14(2)21/h4-5,7,9-13,25H,3,6,8,21H2,1-2H3,(H,24,26)/b16-4-,17-9-,18-14+. The molecule has 2 rings (SSSR count). The van der Waals surface area contributed by atoms with Gasteiger partial charge in [0.2, 0.25) is 6.41 Å². The number of aliphatic hydroxyl groups is 1. The minimum Gasteiger partial charge on any atom is -0.402 e. The summed E-state index contributed by atoms with van der Waals surface area (Å²) < 4.78 is 0. The molecule has 6 nitrogen and oxygen atoms in total. The summed E-state index contributed by atoms with van der Waals surface area (Å²) in [4.78, 5) is 19.2. The van der Waals surface area contributed by atoms with Crippen LogP contribution in [0.5, 0.6) is 0 Å². The Kier molecular flexibility index (Phi) is 7.05. The monoisotopic (exact) mass is 352 g/mol. The minimum absolute atomic E-state index is 0.0695. The van der Waals surface area contributed by atoms with E-state index in [0.29, 0.717) is 24.3 Å². The maximum atomic E-state index is 10.7. The topological polar surface area (TPSA) is 101 Å². The number of hydrogen-bond acceptors (Lipinski definition) is 5. The summed E-state index contributed by atoms with van der Waals surface area (Å²) in [6.07, 6.45) is 11.3. The molecule has 0 atom stereocenters. The maximum Gasteiger partial charge on any atom is 0.212 e. The highest BCUT2D eigenvalue weighted by atomic mass is 16.3. The Morgan fingerprint density at radius 3 is 2.85 bits per heavy atom.